The second kappa shape index (κ2) is 7.22. The smallest absolute Gasteiger partial charge is 0.217 e. The molecule has 1 aromatic carbocycles. The number of aromatic nitrogens is 5. The second-order valence-corrected chi connectivity index (χ2v) is 8.01. The molecule has 0 saturated carbocycles. The molecule has 2 aromatic heterocycles. The van der Waals surface area contributed by atoms with Gasteiger partial charge in [-0.3, -0.25) is 9.58 Å². The van der Waals surface area contributed by atoms with Crippen LogP contribution in [0.2, 0.25) is 0 Å². The molecule has 10 heteroatoms. The van der Waals surface area contributed by atoms with Crippen molar-refractivity contribution in [3.05, 3.63) is 53.1 Å². The van der Waals surface area contributed by atoms with Gasteiger partial charge in [-0.1, -0.05) is 0 Å². The highest BCUT2D eigenvalue weighted by Crippen LogP contribution is 2.35. The van der Waals surface area contributed by atoms with Crippen LogP contribution in [0.4, 0.5) is 8.78 Å². The van der Waals surface area contributed by atoms with Crippen molar-refractivity contribution in [1.82, 2.24) is 29.2 Å². The van der Waals surface area contributed by atoms with E-state index in [1.54, 1.807) is 11.0 Å². The van der Waals surface area contributed by atoms with Crippen molar-refractivity contribution in [2.45, 2.75) is 37.7 Å². The minimum Gasteiger partial charge on any atom is -0.370 e. The Labute approximate surface area is 172 Å². The maximum Gasteiger partial charge on any atom is 0.217 e. The number of ether oxygens (including phenoxy) is 1. The first-order valence-electron chi connectivity index (χ1n) is 9.87. The molecule has 4 heterocycles. The average molecular weight is 415 g/mol. The van der Waals surface area contributed by atoms with E-state index >= 15 is 0 Å². The molecule has 2 N–H and O–H groups in total. The molecule has 0 aliphatic carbocycles. The van der Waals surface area contributed by atoms with Crippen LogP contribution in [0.1, 0.15) is 29.5 Å². The number of imidazole rings is 1. The Balaban J connectivity index is 1.29. The molecular formula is C20H23F2N7O. The minimum absolute atomic E-state index is 0.0819. The fourth-order valence-electron chi connectivity index (χ4n) is 4.40. The Morgan fingerprint density at radius 3 is 2.73 bits per heavy atom. The zero-order valence-electron chi connectivity index (χ0n) is 16.8. The topological polar surface area (TPSA) is 87.0 Å². The minimum atomic E-state index is -0.651. The van der Waals surface area contributed by atoms with Crippen molar-refractivity contribution < 1.29 is 13.5 Å². The Kier molecular flexibility index (Phi) is 4.64. The lowest BCUT2D eigenvalue weighted by Crippen LogP contribution is -2.47. The fraction of sp³-hybridized carbons (Fsp3) is 0.450. The van der Waals surface area contributed by atoms with Gasteiger partial charge < -0.3 is 15.0 Å². The largest absolute Gasteiger partial charge is 0.370 e. The normalized spacial score (nSPS) is 24.4. The molecule has 0 bridgehead atoms. The SMILES string of the molecule is Cn1cnc(-c2nc3c(n2C)CN([C@H]2CO[C@H](c4cc(F)ccc4F)[C@@H](N)C2)C3)n1. The number of rotatable bonds is 3. The van der Waals surface area contributed by atoms with E-state index in [2.05, 4.69) is 15.0 Å². The summed E-state index contributed by atoms with van der Waals surface area (Å²) in [5.74, 6) is 0.356. The molecule has 30 heavy (non-hydrogen) atoms. The van der Waals surface area contributed by atoms with Gasteiger partial charge in [0.05, 0.1) is 18.0 Å². The highest BCUT2D eigenvalue weighted by molar-refractivity contribution is 5.46. The molecule has 0 radical (unpaired) electrons. The molecule has 5 rings (SSSR count). The number of fused-ring (bicyclic) bond motifs is 1. The van der Waals surface area contributed by atoms with Crippen molar-refractivity contribution in [3.8, 4) is 11.6 Å². The van der Waals surface area contributed by atoms with E-state index in [0.29, 0.717) is 31.9 Å². The van der Waals surface area contributed by atoms with Crippen molar-refractivity contribution in [2.75, 3.05) is 6.61 Å². The van der Waals surface area contributed by atoms with E-state index < -0.39 is 23.8 Å². The van der Waals surface area contributed by atoms with Crippen molar-refractivity contribution in [3.63, 3.8) is 0 Å². The van der Waals surface area contributed by atoms with E-state index in [-0.39, 0.29) is 11.6 Å². The Morgan fingerprint density at radius 1 is 1.20 bits per heavy atom. The van der Waals surface area contributed by atoms with Gasteiger partial charge in [-0.2, -0.15) is 0 Å². The van der Waals surface area contributed by atoms with Crippen molar-refractivity contribution in [1.29, 1.82) is 0 Å². The van der Waals surface area contributed by atoms with Gasteiger partial charge in [-0.05, 0) is 24.6 Å². The zero-order chi connectivity index (χ0) is 21.0. The lowest BCUT2D eigenvalue weighted by Gasteiger charge is -2.38. The summed E-state index contributed by atoms with van der Waals surface area (Å²) in [7, 11) is 3.79. The van der Waals surface area contributed by atoms with Gasteiger partial charge >= 0.3 is 0 Å². The third-order valence-electron chi connectivity index (χ3n) is 5.98. The number of nitrogens with zero attached hydrogens (tertiary/aromatic N) is 6. The number of aryl methyl sites for hydroxylation is 1. The first kappa shape index (κ1) is 19.3. The van der Waals surface area contributed by atoms with Gasteiger partial charge in [0.1, 0.15) is 24.1 Å². The lowest BCUT2D eigenvalue weighted by molar-refractivity contribution is -0.0534. The predicted molar refractivity (Wildman–Crippen MR) is 104 cm³/mol. The fourth-order valence-corrected chi connectivity index (χ4v) is 4.40. The zero-order valence-corrected chi connectivity index (χ0v) is 16.8. The summed E-state index contributed by atoms with van der Waals surface area (Å²) >= 11 is 0. The number of nitrogens with two attached hydrogens (primary N) is 1. The summed E-state index contributed by atoms with van der Waals surface area (Å²) < 4.78 is 37.3. The van der Waals surface area contributed by atoms with Crippen molar-refractivity contribution >= 4 is 0 Å². The van der Waals surface area contributed by atoms with Crippen LogP contribution in [-0.4, -0.2) is 47.9 Å². The van der Waals surface area contributed by atoms with Gasteiger partial charge in [0, 0.05) is 44.8 Å². The monoisotopic (exact) mass is 415 g/mol. The van der Waals surface area contributed by atoms with Crippen LogP contribution < -0.4 is 5.73 Å². The molecule has 0 spiro atoms. The quantitative estimate of drug-likeness (QED) is 0.700. The molecule has 2 aliphatic heterocycles. The number of halogens is 2. The van der Waals surface area contributed by atoms with Gasteiger partial charge in [0.15, 0.2) is 5.82 Å². The van der Waals surface area contributed by atoms with Crippen LogP contribution in [0.3, 0.4) is 0 Å². The summed E-state index contributed by atoms with van der Waals surface area (Å²) in [6.07, 6.45) is 1.63. The Bertz CT molecular complexity index is 1100. The highest BCUT2D eigenvalue weighted by Gasteiger charge is 2.38. The summed E-state index contributed by atoms with van der Waals surface area (Å²) in [6.45, 7) is 1.79. The first-order valence-corrected chi connectivity index (χ1v) is 9.87. The van der Waals surface area contributed by atoms with Crippen LogP contribution in [0.5, 0.6) is 0 Å². The van der Waals surface area contributed by atoms with Crippen LogP contribution >= 0.6 is 0 Å². The molecule has 3 aromatic rings. The highest BCUT2D eigenvalue weighted by atomic mass is 19.1. The molecule has 3 atom stereocenters. The molecule has 1 saturated heterocycles. The summed E-state index contributed by atoms with van der Waals surface area (Å²) in [6, 6.07) is 3.04. The van der Waals surface area contributed by atoms with E-state index in [0.717, 1.165) is 29.3 Å². The van der Waals surface area contributed by atoms with Crippen LogP contribution in [0.25, 0.3) is 11.6 Å². The molecule has 0 unspecified atom stereocenters. The van der Waals surface area contributed by atoms with Gasteiger partial charge in [-0.15, -0.1) is 5.10 Å². The molecule has 158 valence electrons. The molecule has 8 nitrogen and oxygen atoms in total. The first-order chi connectivity index (χ1) is 14.4. The number of hydrogen-bond acceptors (Lipinski definition) is 6. The van der Waals surface area contributed by atoms with Gasteiger partial charge in [-0.25, -0.2) is 18.7 Å². The second-order valence-electron chi connectivity index (χ2n) is 8.01. The maximum absolute atomic E-state index is 14.2. The number of benzene rings is 1. The Morgan fingerprint density at radius 2 is 2.03 bits per heavy atom. The summed E-state index contributed by atoms with van der Waals surface area (Å²) in [5, 5.41) is 4.34. The third-order valence-corrected chi connectivity index (χ3v) is 5.98. The summed E-state index contributed by atoms with van der Waals surface area (Å²) in [5.41, 5.74) is 8.61. The van der Waals surface area contributed by atoms with Gasteiger partial charge in [0.2, 0.25) is 5.82 Å². The van der Waals surface area contributed by atoms with Crippen LogP contribution in [0, 0.1) is 11.6 Å². The molecule has 0 amide bonds. The molecule has 2 aliphatic rings. The Hall–Kier alpha value is -2.69. The van der Waals surface area contributed by atoms with E-state index in [1.165, 1.54) is 6.07 Å². The molecule has 1 fully saturated rings. The van der Waals surface area contributed by atoms with Crippen LogP contribution in [0.15, 0.2) is 24.5 Å². The van der Waals surface area contributed by atoms with Crippen LogP contribution in [-0.2, 0) is 31.9 Å². The average Bonchev–Trinajstić information content (AvgIpc) is 3.40. The van der Waals surface area contributed by atoms with E-state index in [9.17, 15) is 8.78 Å². The summed E-state index contributed by atoms with van der Waals surface area (Å²) in [4.78, 5) is 11.3. The molecular weight excluding hydrogens is 392 g/mol. The van der Waals surface area contributed by atoms with Crippen molar-refractivity contribution in [2.24, 2.45) is 19.8 Å². The third kappa shape index (κ3) is 3.21. The number of hydrogen-bond donors (Lipinski definition) is 1. The predicted octanol–water partition coefficient (Wildman–Crippen LogP) is 1.67. The van der Waals surface area contributed by atoms with E-state index in [1.807, 2.05) is 18.7 Å². The lowest BCUT2D eigenvalue weighted by atomic mass is 9.93. The maximum atomic E-state index is 14.2. The standard InChI is InChI=1S/C20H23F2N7O/c1-27-10-24-19(26-27)20-25-16-7-29(8-17(16)28(20)2)12-6-15(23)18(30-9-12)13-5-11(21)3-4-14(13)22/h3-5,10,12,15,18H,6-9,23H2,1-2H3/t12-,15+,18-/m1/s1. The van der Waals surface area contributed by atoms with E-state index in [4.69, 9.17) is 15.5 Å². The van der Waals surface area contributed by atoms with Gasteiger partial charge in [0.25, 0.3) is 0 Å².